The molecule has 0 radical (unpaired) electrons. The zero-order valence-electron chi connectivity index (χ0n) is 7.77. The molecule has 0 saturated heterocycles. The number of nitrogens with one attached hydrogen (secondary N) is 1. The molecule has 0 atom stereocenters. The van der Waals surface area contributed by atoms with Gasteiger partial charge in [-0.2, -0.15) is 0 Å². The lowest BCUT2D eigenvalue weighted by atomic mass is 10.2. The summed E-state index contributed by atoms with van der Waals surface area (Å²) in [6.07, 6.45) is 3.84. The summed E-state index contributed by atoms with van der Waals surface area (Å²) in [7, 11) is 0. The van der Waals surface area contributed by atoms with Gasteiger partial charge < -0.3 is 10.2 Å². The first-order chi connectivity index (χ1) is 6.84. The Morgan fingerprint density at radius 2 is 2.50 bits per heavy atom. The van der Waals surface area contributed by atoms with E-state index in [0.717, 1.165) is 0 Å². The van der Waals surface area contributed by atoms with Crippen LogP contribution in [0.4, 0.5) is 0 Å². The molecule has 1 aromatic heterocycles. The largest absolute Gasteiger partial charge is 0.352 e. The average Bonchev–Trinajstić information content (AvgIpc) is 2.25. The Morgan fingerprint density at radius 3 is 3.14 bits per heavy atom. The summed E-state index contributed by atoms with van der Waals surface area (Å²) in [6.45, 7) is 0.984. The van der Waals surface area contributed by atoms with E-state index in [-0.39, 0.29) is 5.91 Å². The topological polar surface area (TPSA) is 77.2 Å². The molecular formula is C9H13N3O2. The lowest BCUT2D eigenvalue weighted by molar-refractivity contribution is 0.0941. The van der Waals surface area contributed by atoms with Crippen LogP contribution in [0.2, 0.25) is 0 Å². The molecule has 1 amide bonds. The Hall–Kier alpha value is -1.46. The fourth-order valence-corrected chi connectivity index (χ4v) is 0.957. The van der Waals surface area contributed by atoms with Crippen LogP contribution in [0.3, 0.4) is 0 Å². The van der Waals surface area contributed by atoms with Crippen molar-refractivity contribution in [1.82, 2.24) is 10.3 Å². The van der Waals surface area contributed by atoms with Crippen molar-refractivity contribution in [2.24, 2.45) is 5.90 Å². The normalized spacial score (nSPS) is 9.79. The van der Waals surface area contributed by atoms with E-state index in [4.69, 9.17) is 5.90 Å². The first kappa shape index (κ1) is 10.6. The van der Waals surface area contributed by atoms with Crippen LogP contribution in [-0.4, -0.2) is 24.0 Å². The molecule has 0 aliphatic rings. The number of nitrogens with zero attached hydrogens (tertiary/aromatic N) is 1. The summed E-state index contributed by atoms with van der Waals surface area (Å²) in [5.74, 6) is 4.70. The number of pyridine rings is 1. The van der Waals surface area contributed by atoms with Gasteiger partial charge in [-0.15, -0.1) is 0 Å². The van der Waals surface area contributed by atoms with Crippen molar-refractivity contribution in [2.75, 3.05) is 13.2 Å². The van der Waals surface area contributed by atoms with Crippen LogP contribution in [0.5, 0.6) is 0 Å². The van der Waals surface area contributed by atoms with E-state index >= 15 is 0 Å². The van der Waals surface area contributed by atoms with Gasteiger partial charge in [0, 0.05) is 18.9 Å². The first-order valence-corrected chi connectivity index (χ1v) is 4.34. The van der Waals surface area contributed by atoms with Gasteiger partial charge in [-0.1, -0.05) is 0 Å². The molecule has 76 valence electrons. The third-order valence-corrected chi connectivity index (χ3v) is 1.65. The zero-order chi connectivity index (χ0) is 10.2. The van der Waals surface area contributed by atoms with Crippen molar-refractivity contribution >= 4 is 5.91 Å². The summed E-state index contributed by atoms with van der Waals surface area (Å²) in [5, 5.41) is 2.72. The fraction of sp³-hybridized carbons (Fsp3) is 0.333. The van der Waals surface area contributed by atoms with Gasteiger partial charge in [-0.05, 0) is 18.6 Å². The van der Waals surface area contributed by atoms with E-state index in [1.165, 1.54) is 6.20 Å². The lowest BCUT2D eigenvalue weighted by Gasteiger charge is -2.03. The molecule has 0 unspecified atom stereocenters. The van der Waals surface area contributed by atoms with E-state index in [1.54, 1.807) is 18.3 Å². The Balaban J connectivity index is 2.29. The van der Waals surface area contributed by atoms with E-state index in [1.807, 2.05) is 0 Å². The summed E-state index contributed by atoms with van der Waals surface area (Å²) < 4.78 is 0. The quantitative estimate of drug-likeness (QED) is 0.515. The predicted molar refractivity (Wildman–Crippen MR) is 51.3 cm³/mol. The smallest absolute Gasteiger partial charge is 0.252 e. The number of amides is 1. The van der Waals surface area contributed by atoms with Crippen molar-refractivity contribution in [2.45, 2.75) is 6.42 Å². The second-order valence-corrected chi connectivity index (χ2v) is 2.72. The molecule has 14 heavy (non-hydrogen) atoms. The third-order valence-electron chi connectivity index (χ3n) is 1.65. The molecule has 5 heteroatoms. The van der Waals surface area contributed by atoms with E-state index < -0.39 is 0 Å². The van der Waals surface area contributed by atoms with Crippen LogP contribution in [0.15, 0.2) is 24.5 Å². The molecule has 0 aromatic carbocycles. The summed E-state index contributed by atoms with van der Waals surface area (Å²) in [6, 6.07) is 3.43. The van der Waals surface area contributed by atoms with Crippen molar-refractivity contribution in [3.05, 3.63) is 30.1 Å². The summed E-state index contributed by atoms with van der Waals surface area (Å²) in [4.78, 5) is 19.6. The summed E-state index contributed by atoms with van der Waals surface area (Å²) in [5.41, 5.74) is 0.557. The Bertz CT molecular complexity index is 277. The van der Waals surface area contributed by atoms with Gasteiger partial charge in [0.05, 0.1) is 12.2 Å². The maximum Gasteiger partial charge on any atom is 0.252 e. The zero-order valence-corrected chi connectivity index (χ0v) is 7.77. The van der Waals surface area contributed by atoms with Crippen LogP contribution in [0.1, 0.15) is 16.8 Å². The minimum Gasteiger partial charge on any atom is -0.352 e. The lowest BCUT2D eigenvalue weighted by Crippen LogP contribution is -2.25. The van der Waals surface area contributed by atoms with Crippen LogP contribution in [0.25, 0.3) is 0 Å². The third kappa shape index (κ3) is 3.51. The molecular weight excluding hydrogens is 182 g/mol. The Morgan fingerprint density at radius 1 is 1.64 bits per heavy atom. The maximum atomic E-state index is 11.4. The number of carbonyl (C=O) groups is 1. The molecule has 1 heterocycles. The second kappa shape index (κ2) is 6.06. The van der Waals surface area contributed by atoms with Crippen molar-refractivity contribution < 1.29 is 9.63 Å². The average molecular weight is 195 g/mol. The Kier molecular flexibility index (Phi) is 4.60. The molecule has 0 aliphatic heterocycles. The monoisotopic (exact) mass is 195 g/mol. The van der Waals surface area contributed by atoms with Crippen LogP contribution >= 0.6 is 0 Å². The van der Waals surface area contributed by atoms with Gasteiger partial charge in [0.2, 0.25) is 0 Å². The van der Waals surface area contributed by atoms with E-state index in [2.05, 4.69) is 15.1 Å². The van der Waals surface area contributed by atoms with Gasteiger partial charge in [0.15, 0.2) is 0 Å². The van der Waals surface area contributed by atoms with E-state index in [0.29, 0.717) is 25.1 Å². The van der Waals surface area contributed by atoms with Crippen LogP contribution in [0, 0.1) is 0 Å². The predicted octanol–water partition coefficient (Wildman–Crippen LogP) is 0.0918. The van der Waals surface area contributed by atoms with Gasteiger partial charge in [0.1, 0.15) is 0 Å². The molecule has 0 aliphatic carbocycles. The fourth-order valence-electron chi connectivity index (χ4n) is 0.957. The highest BCUT2D eigenvalue weighted by Crippen LogP contribution is 1.94. The van der Waals surface area contributed by atoms with Gasteiger partial charge in [-0.25, -0.2) is 5.90 Å². The van der Waals surface area contributed by atoms with Gasteiger partial charge in [-0.3, -0.25) is 9.78 Å². The highest BCUT2D eigenvalue weighted by molar-refractivity contribution is 5.93. The SMILES string of the molecule is NOCCCNC(=O)c1cccnc1. The van der Waals surface area contributed by atoms with Crippen LogP contribution < -0.4 is 11.2 Å². The van der Waals surface area contributed by atoms with Crippen molar-refractivity contribution in [3.8, 4) is 0 Å². The number of rotatable bonds is 5. The maximum absolute atomic E-state index is 11.4. The molecule has 3 N–H and O–H groups in total. The summed E-state index contributed by atoms with van der Waals surface area (Å²) >= 11 is 0. The van der Waals surface area contributed by atoms with Gasteiger partial charge in [0.25, 0.3) is 5.91 Å². The molecule has 0 spiro atoms. The number of nitrogens with two attached hydrogens (primary N) is 1. The highest BCUT2D eigenvalue weighted by Gasteiger charge is 2.02. The van der Waals surface area contributed by atoms with Crippen molar-refractivity contribution in [1.29, 1.82) is 0 Å². The molecule has 0 bridgehead atoms. The molecule has 1 aromatic rings. The van der Waals surface area contributed by atoms with E-state index in [9.17, 15) is 4.79 Å². The first-order valence-electron chi connectivity index (χ1n) is 4.34. The van der Waals surface area contributed by atoms with Crippen molar-refractivity contribution in [3.63, 3.8) is 0 Å². The number of hydrogen-bond donors (Lipinski definition) is 2. The highest BCUT2D eigenvalue weighted by atomic mass is 16.6. The standard InChI is InChI=1S/C9H13N3O2/c10-14-6-2-5-12-9(13)8-3-1-4-11-7-8/h1,3-4,7H,2,5-6,10H2,(H,12,13). The molecule has 0 saturated carbocycles. The number of hydrogen-bond acceptors (Lipinski definition) is 4. The van der Waals surface area contributed by atoms with Gasteiger partial charge >= 0.3 is 0 Å². The number of carbonyl (C=O) groups excluding carboxylic acids is 1. The molecule has 5 nitrogen and oxygen atoms in total. The minimum atomic E-state index is -0.130. The molecule has 0 fully saturated rings. The number of aromatic nitrogens is 1. The minimum absolute atomic E-state index is 0.130. The van der Waals surface area contributed by atoms with Crippen LogP contribution in [-0.2, 0) is 4.84 Å². The molecule has 1 rings (SSSR count). The second-order valence-electron chi connectivity index (χ2n) is 2.72. The Labute approximate surface area is 82.2 Å².